The van der Waals surface area contributed by atoms with Gasteiger partial charge in [-0.3, -0.25) is 4.79 Å². The number of carboxylic acid groups (broad SMARTS) is 1. The van der Waals surface area contributed by atoms with E-state index in [1.54, 1.807) is 4.68 Å². The van der Waals surface area contributed by atoms with Gasteiger partial charge in [-0.15, -0.1) is 5.10 Å². The number of hydrogen-bond donors (Lipinski definition) is 1. The van der Waals surface area contributed by atoms with Crippen LogP contribution in [0.15, 0.2) is 22.7 Å². The Morgan fingerprint density at radius 3 is 2.63 bits per heavy atom. The third-order valence-electron chi connectivity index (χ3n) is 6.17. The molecule has 0 bridgehead atoms. The van der Waals surface area contributed by atoms with Crippen LogP contribution in [-0.4, -0.2) is 50.0 Å². The number of furan rings is 1. The van der Waals surface area contributed by atoms with Crippen LogP contribution in [0.2, 0.25) is 0 Å². The number of likely N-dealkylation sites (tertiary alicyclic amines) is 1. The van der Waals surface area contributed by atoms with Crippen LogP contribution in [0.25, 0.3) is 0 Å². The first-order chi connectivity index (χ1) is 13.0. The molecular formula is C19H22N4O4. The summed E-state index contributed by atoms with van der Waals surface area (Å²) in [4.78, 5) is 25.6. The molecule has 3 aliphatic rings. The highest BCUT2D eigenvalue weighted by Gasteiger charge is 2.49. The van der Waals surface area contributed by atoms with Crippen molar-refractivity contribution in [2.24, 2.45) is 11.8 Å². The number of aromatic nitrogens is 3. The molecule has 0 spiro atoms. The molecule has 8 nitrogen and oxygen atoms in total. The smallest absolute Gasteiger partial charge is 0.358 e. The van der Waals surface area contributed by atoms with Gasteiger partial charge < -0.3 is 14.4 Å². The Bertz CT molecular complexity index is 903. The van der Waals surface area contributed by atoms with Crippen molar-refractivity contribution in [1.82, 2.24) is 19.9 Å². The van der Waals surface area contributed by atoms with Crippen LogP contribution in [0.1, 0.15) is 66.1 Å². The van der Waals surface area contributed by atoms with Crippen molar-refractivity contribution >= 4 is 11.9 Å². The second-order valence-corrected chi connectivity index (χ2v) is 8.12. The maximum absolute atomic E-state index is 12.8. The summed E-state index contributed by atoms with van der Waals surface area (Å²) in [7, 11) is 0. The normalized spacial score (nSPS) is 31.9. The second kappa shape index (κ2) is 5.94. The van der Waals surface area contributed by atoms with Gasteiger partial charge in [0.15, 0.2) is 5.69 Å². The van der Waals surface area contributed by atoms with Gasteiger partial charge in [-0.1, -0.05) is 12.1 Å². The van der Waals surface area contributed by atoms with Crippen LogP contribution < -0.4 is 0 Å². The van der Waals surface area contributed by atoms with Crippen LogP contribution in [0.4, 0.5) is 0 Å². The van der Waals surface area contributed by atoms with Crippen molar-refractivity contribution in [3.63, 3.8) is 0 Å². The van der Waals surface area contributed by atoms with Gasteiger partial charge >= 0.3 is 5.97 Å². The van der Waals surface area contributed by atoms with E-state index in [9.17, 15) is 9.59 Å². The fourth-order valence-corrected chi connectivity index (χ4v) is 4.21. The SMILES string of the molecule is CC1CC1c1ccc(C2CC2C(=O)N2CCC(n3cc(C(=O)O)nn3)C2)o1. The van der Waals surface area contributed by atoms with Crippen LogP contribution in [0.3, 0.4) is 0 Å². The van der Waals surface area contributed by atoms with E-state index in [1.807, 2.05) is 11.0 Å². The van der Waals surface area contributed by atoms with E-state index in [1.165, 1.54) is 12.6 Å². The molecule has 1 N–H and O–H groups in total. The molecule has 0 aromatic carbocycles. The van der Waals surface area contributed by atoms with Gasteiger partial charge in [-0.2, -0.15) is 0 Å². The summed E-state index contributed by atoms with van der Waals surface area (Å²) in [6.07, 6.45) is 4.24. The highest BCUT2D eigenvalue weighted by Crippen LogP contribution is 2.52. The number of nitrogens with zero attached hydrogens (tertiary/aromatic N) is 4. The third kappa shape index (κ3) is 2.93. The minimum atomic E-state index is -1.09. The van der Waals surface area contributed by atoms with Crippen molar-refractivity contribution in [2.45, 2.75) is 44.1 Å². The molecular weight excluding hydrogens is 348 g/mol. The van der Waals surface area contributed by atoms with Crippen LogP contribution in [0, 0.1) is 11.8 Å². The van der Waals surface area contributed by atoms with Crippen LogP contribution in [0.5, 0.6) is 0 Å². The molecule has 2 aromatic rings. The summed E-state index contributed by atoms with van der Waals surface area (Å²) in [6.45, 7) is 3.44. The molecule has 2 saturated carbocycles. The molecule has 27 heavy (non-hydrogen) atoms. The van der Waals surface area contributed by atoms with Gasteiger partial charge in [-0.25, -0.2) is 9.48 Å². The summed E-state index contributed by atoms with van der Waals surface area (Å²) in [5.41, 5.74) is -0.0689. The van der Waals surface area contributed by atoms with Gasteiger partial charge in [0.1, 0.15) is 11.5 Å². The van der Waals surface area contributed by atoms with E-state index in [-0.39, 0.29) is 29.5 Å². The topological polar surface area (TPSA) is 101 Å². The van der Waals surface area contributed by atoms with Crippen molar-refractivity contribution < 1.29 is 19.1 Å². The summed E-state index contributed by atoms with van der Waals surface area (Å²) < 4.78 is 7.58. The largest absolute Gasteiger partial charge is 0.476 e. The predicted molar refractivity (Wildman–Crippen MR) is 93.3 cm³/mol. The quantitative estimate of drug-likeness (QED) is 0.866. The number of aromatic carboxylic acids is 1. The third-order valence-corrected chi connectivity index (χ3v) is 6.17. The second-order valence-electron chi connectivity index (χ2n) is 8.12. The van der Waals surface area contributed by atoms with Gasteiger partial charge in [0, 0.05) is 30.8 Å². The zero-order valence-electron chi connectivity index (χ0n) is 15.1. The predicted octanol–water partition coefficient (Wildman–Crippen LogP) is 2.27. The van der Waals surface area contributed by atoms with E-state index in [0.717, 1.165) is 24.4 Å². The molecule has 142 valence electrons. The maximum atomic E-state index is 12.8. The van der Waals surface area contributed by atoms with E-state index in [2.05, 4.69) is 23.3 Å². The minimum Gasteiger partial charge on any atom is -0.476 e. The monoisotopic (exact) mass is 370 g/mol. The number of carboxylic acids is 1. The molecule has 1 aliphatic heterocycles. The molecule has 2 aromatic heterocycles. The summed E-state index contributed by atoms with van der Waals surface area (Å²) in [5.74, 6) is 2.56. The number of carbonyl (C=O) groups excluding carboxylic acids is 1. The van der Waals surface area contributed by atoms with Crippen molar-refractivity contribution in [2.75, 3.05) is 13.1 Å². The fourth-order valence-electron chi connectivity index (χ4n) is 4.21. The van der Waals surface area contributed by atoms with E-state index >= 15 is 0 Å². The molecule has 2 aliphatic carbocycles. The number of hydrogen-bond acceptors (Lipinski definition) is 5. The van der Waals surface area contributed by atoms with E-state index in [4.69, 9.17) is 9.52 Å². The Morgan fingerprint density at radius 1 is 1.22 bits per heavy atom. The summed E-state index contributed by atoms with van der Waals surface area (Å²) in [6, 6.07) is 4.09. The molecule has 1 amide bonds. The average Bonchev–Trinajstić information content (AvgIpc) is 3.34. The Kier molecular flexibility index (Phi) is 3.63. The molecule has 5 rings (SSSR count). The highest BCUT2D eigenvalue weighted by atomic mass is 16.4. The Balaban J connectivity index is 1.20. The van der Waals surface area contributed by atoms with Crippen LogP contribution in [-0.2, 0) is 4.79 Å². The Labute approximate surface area is 156 Å². The lowest BCUT2D eigenvalue weighted by Crippen LogP contribution is -2.30. The Morgan fingerprint density at radius 2 is 1.96 bits per heavy atom. The van der Waals surface area contributed by atoms with Gasteiger partial charge in [-0.05, 0) is 37.3 Å². The van der Waals surface area contributed by atoms with Gasteiger partial charge in [0.25, 0.3) is 0 Å². The number of amides is 1. The molecule has 0 radical (unpaired) electrons. The summed E-state index contributed by atoms with van der Waals surface area (Å²) in [5, 5.41) is 16.5. The highest BCUT2D eigenvalue weighted by molar-refractivity contribution is 5.84. The zero-order chi connectivity index (χ0) is 18.7. The maximum Gasteiger partial charge on any atom is 0.358 e. The number of rotatable bonds is 5. The Hall–Kier alpha value is -2.64. The van der Waals surface area contributed by atoms with Gasteiger partial charge in [0.2, 0.25) is 5.91 Å². The van der Waals surface area contributed by atoms with Crippen molar-refractivity contribution in [1.29, 1.82) is 0 Å². The molecule has 8 heteroatoms. The van der Waals surface area contributed by atoms with Crippen molar-refractivity contribution in [3.05, 3.63) is 35.5 Å². The van der Waals surface area contributed by atoms with Crippen molar-refractivity contribution in [3.8, 4) is 0 Å². The standard InChI is InChI=1S/C19H22N4O4/c1-10-6-12(10)16-2-3-17(27-16)13-7-14(13)18(24)22-5-4-11(8-22)23-9-15(19(25)26)20-21-23/h2-3,9-14H,4-8H2,1H3,(H,25,26). The lowest BCUT2D eigenvalue weighted by Gasteiger charge is -2.16. The first-order valence-corrected chi connectivity index (χ1v) is 9.55. The lowest BCUT2D eigenvalue weighted by molar-refractivity contribution is -0.131. The fraction of sp³-hybridized carbons (Fsp3) is 0.579. The molecule has 5 unspecified atom stereocenters. The molecule has 3 heterocycles. The molecule has 1 saturated heterocycles. The van der Waals surface area contributed by atoms with Crippen LogP contribution >= 0.6 is 0 Å². The minimum absolute atomic E-state index is 0.00436. The molecule has 3 fully saturated rings. The lowest BCUT2D eigenvalue weighted by atomic mass is 10.2. The first-order valence-electron chi connectivity index (χ1n) is 9.55. The van der Waals surface area contributed by atoms with E-state index in [0.29, 0.717) is 24.9 Å². The van der Waals surface area contributed by atoms with E-state index < -0.39 is 5.97 Å². The van der Waals surface area contributed by atoms with Gasteiger partial charge in [0.05, 0.1) is 12.2 Å². The first kappa shape index (κ1) is 16.5. The molecule has 5 atom stereocenters. The average molecular weight is 370 g/mol. The zero-order valence-corrected chi connectivity index (χ0v) is 15.1. The summed E-state index contributed by atoms with van der Waals surface area (Å²) >= 11 is 0. The number of carbonyl (C=O) groups is 2.